The largest absolute Gasteiger partial charge is 0.497 e. The molecule has 0 radical (unpaired) electrons. The van der Waals surface area contributed by atoms with Gasteiger partial charge in [0, 0.05) is 25.7 Å². The van der Waals surface area contributed by atoms with E-state index < -0.39 is 0 Å². The molecule has 96 valence electrons. The quantitative estimate of drug-likeness (QED) is 0.795. The first-order valence-electron chi connectivity index (χ1n) is 6.26. The van der Waals surface area contributed by atoms with Crippen LogP contribution in [0.4, 0.5) is 5.69 Å². The van der Waals surface area contributed by atoms with Crippen LogP contribution in [0.5, 0.6) is 5.75 Å². The van der Waals surface area contributed by atoms with Crippen molar-refractivity contribution < 1.29 is 4.74 Å². The zero-order valence-electron chi connectivity index (χ0n) is 11.0. The van der Waals surface area contributed by atoms with Gasteiger partial charge < -0.3 is 14.5 Å². The summed E-state index contributed by atoms with van der Waals surface area (Å²) in [7, 11) is 3.79. The number of ether oxygens (including phenoxy) is 1. The van der Waals surface area contributed by atoms with Gasteiger partial charge in [0.1, 0.15) is 11.8 Å². The molecule has 1 heterocycles. The molecule has 0 N–H and O–H groups in total. The predicted molar refractivity (Wildman–Crippen MR) is 72.0 cm³/mol. The zero-order valence-corrected chi connectivity index (χ0v) is 11.0. The maximum atomic E-state index is 9.21. The number of anilines is 1. The molecular weight excluding hydrogens is 226 g/mol. The lowest BCUT2D eigenvalue weighted by molar-refractivity contribution is 0.360. The molecule has 1 fully saturated rings. The van der Waals surface area contributed by atoms with Crippen LogP contribution in [-0.4, -0.2) is 45.2 Å². The molecule has 4 nitrogen and oxygen atoms in total. The fraction of sp³-hybridized carbons (Fsp3) is 0.500. The van der Waals surface area contributed by atoms with E-state index in [9.17, 15) is 5.26 Å². The number of methoxy groups -OCH3 is 1. The highest BCUT2D eigenvalue weighted by Crippen LogP contribution is 2.26. The van der Waals surface area contributed by atoms with E-state index in [1.807, 2.05) is 18.2 Å². The molecule has 0 atom stereocenters. The summed E-state index contributed by atoms with van der Waals surface area (Å²) in [5, 5.41) is 9.21. The van der Waals surface area contributed by atoms with Gasteiger partial charge >= 0.3 is 0 Å². The lowest BCUT2D eigenvalue weighted by atomic mass is 10.1. The van der Waals surface area contributed by atoms with E-state index in [1.165, 1.54) is 0 Å². The number of benzene rings is 1. The van der Waals surface area contributed by atoms with Crippen LogP contribution in [0.1, 0.15) is 12.0 Å². The average molecular weight is 245 g/mol. The van der Waals surface area contributed by atoms with Gasteiger partial charge in [-0.05, 0) is 32.1 Å². The van der Waals surface area contributed by atoms with Crippen LogP contribution in [-0.2, 0) is 0 Å². The highest BCUT2D eigenvalue weighted by Gasteiger charge is 2.16. The minimum absolute atomic E-state index is 0.723. The van der Waals surface area contributed by atoms with Gasteiger partial charge in [-0.15, -0.1) is 0 Å². The van der Waals surface area contributed by atoms with E-state index in [-0.39, 0.29) is 0 Å². The van der Waals surface area contributed by atoms with Gasteiger partial charge in [-0.2, -0.15) is 5.26 Å². The van der Waals surface area contributed by atoms with E-state index in [4.69, 9.17) is 4.74 Å². The third-order valence-electron chi connectivity index (χ3n) is 3.39. The molecule has 1 aliphatic rings. The Kier molecular flexibility index (Phi) is 4.06. The van der Waals surface area contributed by atoms with Gasteiger partial charge in [0.15, 0.2) is 0 Å². The maximum Gasteiger partial charge on any atom is 0.121 e. The van der Waals surface area contributed by atoms with Crippen molar-refractivity contribution in [3.63, 3.8) is 0 Å². The van der Waals surface area contributed by atoms with Crippen LogP contribution < -0.4 is 9.64 Å². The monoisotopic (exact) mass is 245 g/mol. The number of likely N-dealkylation sites (N-methyl/N-ethyl adjacent to an activating group) is 1. The Morgan fingerprint density at radius 2 is 2.06 bits per heavy atom. The molecule has 4 heteroatoms. The van der Waals surface area contributed by atoms with E-state index in [1.54, 1.807) is 7.11 Å². The third-order valence-corrected chi connectivity index (χ3v) is 3.39. The summed E-state index contributed by atoms with van der Waals surface area (Å²) in [6, 6.07) is 7.90. The van der Waals surface area contributed by atoms with Crippen LogP contribution in [0, 0.1) is 11.3 Å². The second-order valence-electron chi connectivity index (χ2n) is 4.64. The molecule has 0 saturated carbocycles. The van der Waals surface area contributed by atoms with Crippen molar-refractivity contribution in [2.75, 3.05) is 45.2 Å². The lowest BCUT2D eigenvalue weighted by Gasteiger charge is -2.24. The first kappa shape index (κ1) is 12.7. The molecule has 1 aromatic rings. The maximum absolute atomic E-state index is 9.21. The molecule has 1 aliphatic heterocycles. The van der Waals surface area contributed by atoms with Crippen LogP contribution in [0.2, 0.25) is 0 Å². The summed E-state index contributed by atoms with van der Waals surface area (Å²) in [6.07, 6.45) is 1.12. The Morgan fingerprint density at radius 1 is 1.22 bits per heavy atom. The molecule has 0 aliphatic carbocycles. The standard InChI is InChI=1S/C14H19N3O/c1-16-6-3-7-17(9-8-16)14-10-13(18-2)5-4-12(14)11-15/h4-5,10H,3,6-9H2,1-2H3. The highest BCUT2D eigenvalue weighted by atomic mass is 16.5. The number of hydrogen-bond donors (Lipinski definition) is 0. The number of rotatable bonds is 2. The topological polar surface area (TPSA) is 39.5 Å². The SMILES string of the molecule is COc1ccc(C#N)c(N2CCCN(C)CC2)c1. The first-order chi connectivity index (χ1) is 8.74. The lowest BCUT2D eigenvalue weighted by Crippen LogP contribution is -2.29. The first-order valence-corrected chi connectivity index (χ1v) is 6.26. The van der Waals surface area contributed by atoms with Crippen molar-refractivity contribution in [3.8, 4) is 11.8 Å². The molecule has 0 aromatic heterocycles. The van der Waals surface area contributed by atoms with Gasteiger partial charge in [-0.3, -0.25) is 0 Å². The smallest absolute Gasteiger partial charge is 0.121 e. The van der Waals surface area contributed by atoms with Gasteiger partial charge in [0.2, 0.25) is 0 Å². The van der Waals surface area contributed by atoms with Crippen molar-refractivity contribution in [1.82, 2.24) is 4.90 Å². The van der Waals surface area contributed by atoms with E-state index in [0.717, 1.165) is 49.6 Å². The Bertz CT molecular complexity index is 453. The summed E-state index contributed by atoms with van der Waals surface area (Å²) in [4.78, 5) is 4.61. The van der Waals surface area contributed by atoms with Gasteiger partial charge in [-0.25, -0.2) is 0 Å². The van der Waals surface area contributed by atoms with E-state index >= 15 is 0 Å². The summed E-state index contributed by atoms with van der Waals surface area (Å²) in [6.45, 7) is 4.09. The molecule has 0 spiro atoms. The van der Waals surface area contributed by atoms with Crippen molar-refractivity contribution in [2.24, 2.45) is 0 Å². The predicted octanol–water partition coefficient (Wildman–Crippen LogP) is 1.71. The molecule has 0 amide bonds. The summed E-state index contributed by atoms with van der Waals surface area (Å²) in [5.74, 6) is 0.807. The fourth-order valence-corrected chi connectivity index (χ4v) is 2.28. The van der Waals surface area contributed by atoms with Crippen molar-refractivity contribution in [1.29, 1.82) is 5.26 Å². The Morgan fingerprint density at radius 3 is 2.78 bits per heavy atom. The van der Waals surface area contributed by atoms with Gasteiger partial charge in [0.05, 0.1) is 18.4 Å². The van der Waals surface area contributed by atoms with Crippen molar-refractivity contribution in [3.05, 3.63) is 23.8 Å². The normalized spacial score (nSPS) is 17.1. The summed E-state index contributed by atoms with van der Waals surface area (Å²) < 4.78 is 5.25. The van der Waals surface area contributed by atoms with E-state index in [0.29, 0.717) is 0 Å². The molecule has 1 saturated heterocycles. The summed E-state index contributed by atoms with van der Waals surface area (Å²) in [5.41, 5.74) is 1.72. The zero-order chi connectivity index (χ0) is 13.0. The minimum atomic E-state index is 0.723. The number of nitriles is 1. The minimum Gasteiger partial charge on any atom is -0.497 e. The van der Waals surface area contributed by atoms with Crippen LogP contribution in [0.3, 0.4) is 0 Å². The molecule has 0 unspecified atom stereocenters. The number of nitrogens with zero attached hydrogens (tertiary/aromatic N) is 3. The summed E-state index contributed by atoms with van der Waals surface area (Å²) >= 11 is 0. The Hall–Kier alpha value is -1.73. The van der Waals surface area contributed by atoms with Crippen molar-refractivity contribution in [2.45, 2.75) is 6.42 Å². The molecule has 1 aromatic carbocycles. The Balaban J connectivity index is 2.27. The van der Waals surface area contributed by atoms with Gasteiger partial charge in [-0.1, -0.05) is 0 Å². The van der Waals surface area contributed by atoms with Crippen molar-refractivity contribution >= 4 is 5.69 Å². The molecular formula is C14H19N3O. The van der Waals surface area contributed by atoms with Gasteiger partial charge in [0.25, 0.3) is 0 Å². The van der Waals surface area contributed by atoms with Crippen LogP contribution in [0.25, 0.3) is 0 Å². The Labute approximate surface area is 108 Å². The second-order valence-corrected chi connectivity index (χ2v) is 4.64. The number of hydrogen-bond acceptors (Lipinski definition) is 4. The highest BCUT2D eigenvalue weighted by molar-refractivity contribution is 5.62. The van der Waals surface area contributed by atoms with Crippen LogP contribution >= 0.6 is 0 Å². The average Bonchev–Trinajstić information content (AvgIpc) is 2.62. The van der Waals surface area contributed by atoms with Crippen LogP contribution in [0.15, 0.2) is 18.2 Å². The molecule has 18 heavy (non-hydrogen) atoms. The molecule has 2 rings (SSSR count). The third kappa shape index (κ3) is 2.74. The molecule has 0 bridgehead atoms. The second kappa shape index (κ2) is 5.74. The fourth-order valence-electron chi connectivity index (χ4n) is 2.28. The van der Waals surface area contributed by atoms with E-state index in [2.05, 4.69) is 22.9 Å².